The summed E-state index contributed by atoms with van der Waals surface area (Å²) < 4.78 is 5.02. The van der Waals surface area contributed by atoms with Crippen LogP contribution in [0, 0.1) is 5.92 Å². The Bertz CT molecular complexity index is 799. The maximum Gasteiger partial charge on any atom is 0.265 e. The molecule has 0 atom stereocenters. The molecule has 150 valence electrons. The molecular formula is C21H27N3O3S. The number of carbonyl (C=O) groups is 2. The van der Waals surface area contributed by atoms with Gasteiger partial charge in [-0.3, -0.25) is 9.59 Å². The second kappa shape index (κ2) is 9.71. The van der Waals surface area contributed by atoms with Crippen molar-refractivity contribution in [1.82, 2.24) is 5.32 Å². The topological polar surface area (TPSA) is 70.7 Å². The third-order valence-electron chi connectivity index (χ3n) is 4.96. The van der Waals surface area contributed by atoms with Crippen LogP contribution in [0.2, 0.25) is 0 Å². The normalized spacial score (nSPS) is 14.7. The van der Waals surface area contributed by atoms with Crippen LogP contribution in [0.1, 0.15) is 39.8 Å². The Kier molecular flexibility index (Phi) is 7.06. The Morgan fingerprint density at radius 2 is 2.00 bits per heavy atom. The smallest absolute Gasteiger partial charge is 0.265 e. The minimum absolute atomic E-state index is 0.155. The molecule has 2 aromatic rings. The monoisotopic (exact) mass is 401 g/mol. The van der Waals surface area contributed by atoms with Gasteiger partial charge in [0.25, 0.3) is 11.8 Å². The van der Waals surface area contributed by atoms with Gasteiger partial charge in [0.05, 0.1) is 17.0 Å². The van der Waals surface area contributed by atoms with Gasteiger partial charge in [0.15, 0.2) is 0 Å². The van der Waals surface area contributed by atoms with E-state index in [0.29, 0.717) is 35.2 Å². The minimum Gasteiger partial charge on any atom is -0.383 e. The summed E-state index contributed by atoms with van der Waals surface area (Å²) in [7, 11) is 1.60. The van der Waals surface area contributed by atoms with E-state index in [4.69, 9.17) is 4.74 Å². The first-order valence-electron chi connectivity index (χ1n) is 9.59. The predicted octanol–water partition coefficient (Wildman–Crippen LogP) is 3.61. The molecule has 1 aliphatic heterocycles. The quantitative estimate of drug-likeness (QED) is 0.696. The van der Waals surface area contributed by atoms with Gasteiger partial charge in [0.2, 0.25) is 0 Å². The lowest BCUT2D eigenvalue weighted by Crippen LogP contribution is -2.35. The highest BCUT2D eigenvalue weighted by atomic mass is 32.1. The number of hydrogen-bond acceptors (Lipinski definition) is 5. The van der Waals surface area contributed by atoms with Crippen molar-refractivity contribution in [2.45, 2.75) is 19.8 Å². The van der Waals surface area contributed by atoms with Crippen molar-refractivity contribution in [1.29, 1.82) is 0 Å². The number of piperidine rings is 1. The van der Waals surface area contributed by atoms with Crippen LogP contribution in [0.4, 0.5) is 11.4 Å². The Morgan fingerprint density at radius 3 is 2.68 bits per heavy atom. The molecule has 28 heavy (non-hydrogen) atoms. The van der Waals surface area contributed by atoms with E-state index >= 15 is 0 Å². The number of nitrogens with zero attached hydrogens (tertiary/aromatic N) is 1. The fourth-order valence-corrected chi connectivity index (χ4v) is 3.90. The number of anilines is 2. The molecule has 2 N–H and O–H groups in total. The SMILES string of the molecule is COCCNC(=O)c1cc(NC(=O)c2cccs2)ccc1N1CCC(C)CC1. The van der Waals surface area contributed by atoms with Crippen molar-refractivity contribution in [2.24, 2.45) is 5.92 Å². The number of nitrogens with one attached hydrogen (secondary N) is 2. The molecule has 1 aromatic carbocycles. The number of rotatable bonds is 7. The van der Waals surface area contributed by atoms with E-state index in [-0.39, 0.29) is 11.8 Å². The van der Waals surface area contributed by atoms with Crippen LogP contribution in [0.5, 0.6) is 0 Å². The molecule has 3 rings (SSSR count). The minimum atomic E-state index is -0.166. The fraction of sp³-hybridized carbons (Fsp3) is 0.429. The maximum atomic E-state index is 12.8. The van der Waals surface area contributed by atoms with Crippen LogP contribution >= 0.6 is 11.3 Å². The molecule has 0 radical (unpaired) electrons. The lowest BCUT2D eigenvalue weighted by molar-refractivity contribution is 0.0936. The van der Waals surface area contributed by atoms with E-state index in [0.717, 1.165) is 31.6 Å². The molecule has 0 aliphatic carbocycles. The van der Waals surface area contributed by atoms with Crippen LogP contribution in [0.15, 0.2) is 35.7 Å². The van der Waals surface area contributed by atoms with Crippen molar-refractivity contribution < 1.29 is 14.3 Å². The lowest BCUT2D eigenvalue weighted by Gasteiger charge is -2.33. The number of benzene rings is 1. The summed E-state index contributed by atoms with van der Waals surface area (Å²) in [6.07, 6.45) is 2.23. The van der Waals surface area contributed by atoms with Gasteiger partial charge >= 0.3 is 0 Å². The van der Waals surface area contributed by atoms with Gasteiger partial charge in [-0.2, -0.15) is 0 Å². The molecule has 1 fully saturated rings. The molecule has 7 heteroatoms. The molecule has 2 amide bonds. The average Bonchev–Trinajstić information content (AvgIpc) is 3.24. The van der Waals surface area contributed by atoms with E-state index in [9.17, 15) is 9.59 Å². The van der Waals surface area contributed by atoms with E-state index in [1.807, 2.05) is 23.6 Å². The number of carbonyl (C=O) groups excluding carboxylic acids is 2. The summed E-state index contributed by atoms with van der Waals surface area (Å²) in [4.78, 5) is 28.1. The molecule has 1 saturated heterocycles. The van der Waals surface area contributed by atoms with Gasteiger partial charge < -0.3 is 20.3 Å². The second-order valence-electron chi connectivity index (χ2n) is 7.08. The zero-order chi connectivity index (χ0) is 19.9. The van der Waals surface area contributed by atoms with Crippen LogP contribution in [0.3, 0.4) is 0 Å². The lowest BCUT2D eigenvalue weighted by atomic mass is 9.97. The van der Waals surface area contributed by atoms with Gasteiger partial charge in [-0.25, -0.2) is 0 Å². The molecular weight excluding hydrogens is 374 g/mol. The summed E-state index contributed by atoms with van der Waals surface area (Å²) >= 11 is 1.39. The molecule has 2 heterocycles. The molecule has 0 spiro atoms. The summed E-state index contributed by atoms with van der Waals surface area (Å²) in [5.74, 6) is 0.387. The van der Waals surface area contributed by atoms with E-state index < -0.39 is 0 Å². The zero-order valence-corrected chi connectivity index (χ0v) is 17.2. The number of methoxy groups -OCH3 is 1. The number of amides is 2. The Balaban J connectivity index is 1.82. The highest BCUT2D eigenvalue weighted by Gasteiger charge is 2.22. The third-order valence-corrected chi connectivity index (χ3v) is 5.83. The van der Waals surface area contributed by atoms with Gasteiger partial charge in [-0.1, -0.05) is 13.0 Å². The molecule has 0 saturated carbocycles. The molecule has 1 aliphatic rings. The molecule has 6 nitrogen and oxygen atoms in total. The van der Waals surface area contributed by atoms with Crippen molar-refractivity contribution in [2.75, 3.05) is 43.6 Å². The van der Waals surface area contributed by atoms with E-state index in [1.54, 1.807) is 19.2 Å². The predicted molar refractivity (Wildman–Crippen MR) is 114 cm³/mol. The summed E-state index contributed by atoms with van der Waals surface area (Å²) in [6, 6.07) is 9.19. The molecule has 0 unspecified atom stereocenters. The summed E-state index contributed by atoms with van der Waals surface area (Å²) in [5, 5.41) is 7.65. The first kappa shape index (κ1) is 20.4. The Hall–Kier alpha value is -2.38. The number of hydrogen-bond donors (Lipinski definition) is 2. The zero-order valence-electron chi connectivity index (χ0n) is 16.4. The summed E-state index contributed by atoms with van der Waals surface area (Å²) in [6.45, 7) is 5.02. The Morgan fingerprint density at radius 1 is 1.21 bits per heavy atom. The van der Waals surface area contributed by atoms with Crippen LogP contribution in [0.25, 0.3) is 0 Å². The van der Waals surface area contributed by atoms with Gasteiger partial charge in [0.1, 0.15) is 0 Å². The average molecular weight is 402 g/mol. The molecule has 1 aromatic heterocycles. The maximum absolute atomic E-state index is 12.8. The standard InChI is InChI=1S/C21H27N3O3S/c1-15-7-10-24(11-8-15)18-6-5-16(23-21(26)19-4-3-13-28-19)14-17(18)20(25)22-9-12-27-2/h3-6,13-15H,7-12H2,1-2H3,(H,22,25)(H,23,26). The molecule has 0 bridgehead atoms. The van der Waals surface area contributed by atoms with E-state index in [2.05, 4.69) is 22.5 Å². The van der Waals surface area contributed by atoms with E-state index in [1.165, 1.54) is 11.3 Å². The van der Waals surface area contributed by atoms with Crippen molar-refractivity contribution in [3.63, 3.8) is 0 Å². The largest absolute Gasteiger partial charge is 0.383 e. The highest BCUT2D eigenvalue weighted by molar-refractivity contribution is 7.12. The number of ether oxygens (including phenoxy) is 1. The Labute approximate surface area is 169 Å². The van der Waals surface area contributed by atoms with Crippen LogP contribution in [-0.4, -0.2) is 45.2 Å². The third kappa shape index (κ3) is 5.11. The van der Waals surface area contributed by atoms with Crippen molar-refractivity contribution in [3.8, 4) is 0 Å². The highest BCUT2D eigenvalue weighted by Crippen LogP contribution is 2.29. The van der Waals surface area contributed by atoms with Gasteiger partial charge in [-0.15, -0.1) is 11.3 Å². The van der Waals surface area contributed by atoms with Crippen LogP contribution in [-0.2, 0) is 4.74 Å². The van der Waals surface area contributed by atoms with Crippen molar-refractivity contribution >= 4 is 34.5 Å². The first-order valence-corrected chi connectivity index (χ1v) is 10.5. The summed E-state index contributed by atoms with van der Waals surface area (Å²) in [5.41, 5.74) is 2.11. The van der Waals surface area contributed by atoms with Crippen molar-refractivity contribution in [3.05, 3.63) is 46.2 Å². The van der Waals surface area contributed by atoms with Gasteiger partial charge in [-0.05, 0) is 48.4 Å². The van der Waals surface area contributed by atoms with Crippen LogP contribution < -0.4 is 15.5 Å². The second-order valence-corrected chi connectivity index (χ2v) is 8.03. The number of thiophene rings is 1. The fourth-order valence-electron chi connectivity index (χ4n) is 3.28. The first-order chi connectivity index (χ1) is 13.6. The van der Waals surface area contributed by atoms with Gasteiger partial charge in [0, 0.05) is 38.1 Å².